The molecule has 0 unspecified atom stereocenters. The van der Waals surface area contributed by atoms with Crippen LogP contribution in [0.4, 0.5) is 14.5 Å². The standard InChI is InChI=1S/C37H44ClF2N3O6SSi/c1-20(2)51(21(3)4,22(5)6)49-36-33-28(19-43(37(33)44)18-24-10-11-26(47-7)15-32(24)48-8)34(42-50(9,45)46)27-13-23(17-41-35(27)36)12-25-14-29(38)31(40)16-30(25)39/h10-11,13-17,20-22,42H,12,18-19H2,1-9H3. The lowest BCUT2D eigenvalue weighted by atomic mass is 9.98. The zero-order chi connectivity index (χ0) is 37.6. The largest absolute Gasteiger partial charge is 0.541 e. The van der Waals surface area contributed by atoms with Crippen LogP contribution in [0.15, 0.2) is 42.6 Å². The molecule has 51 heavy (non-hydrogen) atoms. The molecule has 1 amide bonds. The lowest BCUT2D eigenvalue weighted by Crippen LogP contribution is -2.51. The van der Waals surface area contributed by atoms with Gasteiger partial charge in [0, 0.05) is 54.4 Å². The Morgan fingerprint density at radius 1 is 0.961 bits per heavy atom. The Hall–Kier alpha value is -3.94. The van der Waals surface area contributed by atoms with Crippen LogP contribution in [0.25, 0.3) is 10.9 Å². The van der Waals surface area contributed by atoms with Crippen LogP contribution in [0.5, 0.6) is 17.2 Å². The fourth-order valence-electron chi connectivity index (χ4n) is 7.49. The van der Waals surface area contributed by atoms with Crippen molar-refractivity contribution in [2.45, 2.75) is 77.7 Å². The van der Waals surface area contributed by atoms with E-state index in [9.17, 15) is 22.0 Å². The van der Waals surface area contributed by atoms with E-state index in [1.807, 2.05) is 6.07 Å². The molecule has 1 aliphatic heterocycles. The maximum Gasteiger partial charge on any atom is 0.258 e. The summed E-state index contributed by atoms with van der Waals surface area (Å²) in [5.41, 5.74) is 2.96. The van der Waals surface area contributed by atoms with Crippen molar-refractivity contribution in [2.24, 2.45) is 0 Å². The Balaban J connectivity index is 1.78. The Bertz CT molecular complexity index is 2090. The Morgan fingerprint density at radius 3 is 2.22 bits per heavy atom. The third-order valence-electron chi connectivity index (χ3n) is 9.72. The summed E-state index contributed by atoms with van der Waals surface area (Å²) >= 11 is 5.99. The number of nitrogens with zero attached hydrogens (tertiary/aromatic N) is 2. The van der Waals surface area contributed by atoms with Crippen molar-refractivity contribution in [3.63, 3.8) is 0 Å². The van der Waals surface area contributed by atoms with Gasteiger partial charge in [-0.15, -0.1) is 0 Å². The van der Waals surface area contributed by atoms with Crippen molar-refractivity contribution in [1.29, 1.82) is 0 Å². The number of pyridine rings is 1. The fourth-order valence-corrected chi connectivity index (χ4v) is 13.5. The van der Waals surface area contributed by atoms with Gasteiger partial charge in [0.2, 0.25) is 10.0 Å². The molecule has 0 radical (unpaired) electrons. The lowest BCUT2D eigenvalue weighted by Gasteiger charge is -2.42. The normalized spacial score (nSPS) is 13.5. The molecule has 0 saturated carbocycles. The predicted molar refractivity (Wildman–Crippen MR) is 199 cm³/mol. The van der Waals surface area contributed by atoms with Gasteiger partial charge < -0.3 is 18.8 Å². The molecule has 0 aliphatic carbocycles. The van der Waals surface area contributed by atoms with Gasteiger partial charge in [-0.1, -0.05) is 53.1 Å². The van der Waals surface area contributed by atoms with Crippen molar-refractivity contribution >= 4 is 52.4 Å². The van der Waals surface area contributed by atoms with Gasteiger partial charge in [0.1, 0.15) is 34.4 Å². The smallest absolute Gasteiger partial charge is 0.258 e. The first-order valence-corrected chi connectivity index (χ1v) is 21.1. The van der Waals surface area contributed by atoms with Crippen molar-refractivity contribution < 1.29 is 35.9 Å². The lowest BCUT2D eigenvalue weighted by molar-refractivity contribution is 0.0764. The first-order chi connectivity index (χ1) is 23.9. The van der Waals surface area contributed by atoms with E-state index in [1.54, 1.807) is 30.2 Å². The number of sulfonamides is 1. The summed E-state index contributed by atoms with van der Waals surface area (Å²) in [7, 11) is -3.50. The van der Waals surface area contributed by atoms with Gasteiger partial charge in [-0.2, -0.15) is 0 Å². The van der Waals surface area contributed by atoms with Crippen molar-refractivity contribution in [1.82, 2.24) is 9.88 Å². The molecule has 1 aliphatic rings. The summed E-state index contributed by atoms with van der Waals surface area (Å²) in [6, 6.07) is 9.00. The first kappa shape index (κ1) is 38.3. The number of halogens is 3. The molecule has 4 aromatic rings. The van der Waals surface area contributed by atoms with E-state index in [0.717, 1.165) is 17.9 Å². The van der Waals surface area contributed by atoms with Crippen LogP contribution in [-0.2, 0) is 29.5 Å². The topological polar surface area (TPSA) is 107 Å². The monoisotopic (exact) mass is 759 g/mol. The van der Waals surface area contributed by atoms with Gasteiger partial charge in [0.15, 0.2) is 0 Å². The second-order valence-corrected chi connectivity index (χ2v) is 21.5. The van der Waals surface area contributed by atoms with Gasteiger partial charge in [-0.3, -0.25) is 14.5 Å². The van der Waals surface area contributed by atoms with Crippen LogP contribution in [0.1, 0.15) is 74.2 Å². The molecule has 274 valence electrons. The molecule has 9 nitrogen and oxygen atoms in total. The number of benzene rings is 3. The number of rotatable bonds is 13. The summed E-state index contributed by atoms with van der Waals surface area (Å²) in [5.74, 6) is -0.569. The van der Waals surface area contributed by atoms with Crippen LogP contribution in [0.2, 0.25) is 21.6 Å². The molecule has 0 bridgehead atoms. The van der Waals surface area contributed by atoms with Crippen LogP contribution in [-0.4, -0.2) is 53.0 Å². The minimum Gasteiger partial charge on any atom is -0.541 e. The number of ether oxygens (including phenoxy) is 2. The molecular formula is C37H44ClF2N3O6SSi. The maximum atomic E-state index is 14.9. The third kappa shape index (κ3) is 7.38. The highest BCUT2D eigenvalue weighted by Crippen LogP contribution is 2.49. The minimum atomic E-state index is -3.87. The van der Waals surface area contributed by atoms with Crippen LogP contribution < -0.4 is 18.6 Å². The van der Waals surface area contributed by atoms with E-state index in [1.165, 1.54) is 19.4 Å². The minimum absolute atomic E-state index is 0.00858. The predicted octanol–water partition coefficient (Wildman–Crippen LogP) is 8.86. The second kappa shape index (κ2) is 14.6. The summed E-state index contributed by atoms with van der Waals surface area (Å²) in [6.07, 6.45) is 2.56. The molecule has 0 atom stereocenters. The van der Waals surface area contributed by atoms with E-state index < -0.39 is 30.0 Å². The van der Waals surface area contributed by atoms with Crippen LogP contribution >= 0.6 is 11.6 Å². The number of aromatic nitrogens is 1. The fraction of sp³-hybridized carbons (Fsp3) is 0.405. The van der Waals surface area contributed by atoms with E-state index in [0.29, 0.717) is 39.3 Å². The van der Waals surface area contributed by atoms with Gasteiger partial charge in [0.25, 0.3) is 14.2 Å². The number of carbonyl (C=O) groups excluding carboxylic acids is 1. The number of nitrogens with one attached hydrogen (secondary N) is 1. The average Bonchev–Trinajstić information content (AvgIpc) is 3.37. The zero-order valence-electron chi connectivity index (χ0n) is 30.3. The van der Waals surface area contributed by atoms with Crippen molar-refractivity contribution in [2.75, 3.05) is 25.2 Å². The number of fused-ring (bicyclic) bond motifs is 2. The summed E-state index contributed by atoms with van der Waals surface area (Å²) < 4.78 is 75.6. The zero-order valence-corrected chi connectivity index (χ0v) is 32.9. The molecule has 0 spiro atoms. The number of amides is 1. The molecule has 0 saturated heterocycles. The highest BCUT2D eigenvalue weighted by molar-refractivity contribution is 7.92. The Kier molecular flexibility index (Phi) is 11.0. The van der Waals surface area contributed by atoms with Crippen molar-refractivity contribution in [3.05, 3.63) is 87.1 Å². The molecule has 5 rings (SSSR count). The van der Waals surface area contributed by atoms with Gasteiger partial charge in [0.05, 0.1) is 36.7 Å². The van der Waals surface area contributed by atoms with E-state index >= 15 is 0 Å². The van der Waals surface area contributed by atoms with E-state index in [2.05, 4.69) is 46.3 Å². The van der Waals surface area contributed by atoms with E-state index in [-0.39, 0.29) is 63.9 Å². The highest BCUT2D eigenvalue weighted by atomic mass is 35.5. The highest BCUT2D eigenvalue weighted by Gasteiger charge is 2.49. The van der Waals surface area contributed by atoms with Gasteiger partial charge in [-0.05, 0) is 52.0 Å². The Labute approximate surface area is 304 Å². The molecule has 1 aromatic heterocycles. The quantitative estimate of drug-likeness (QED) is 0.107. The second-order valence-electron chi connectivity index (χ2n) is 14.0. The maximum absolute atomic E-state index is 14.9. The summed E-state index contributed by atoms with van der Waals surface area (Å²) in [5, 5.41) is 0.161. The molecule has 1 N–H and O–H groups in total. The van der Waals surface area contributed by atoms with Crippen LogP contribution in [0, 0.1) is 11.6 Å². The SMILES string of the molecule is COc1ccc(CN2Cc3c(c(O[Si](C(C)C)(C(C)C)C(C)C)c4ncc(Cc5cc(Cl)c(F)cc5F)cc4c3NS(C)(=O)=O)C2=O)c(OC)c1. The molecule has 3 aromatic carbocycles. The summed E-state index contributed by atoms with van der Waals surface area (Å²) in [4.78, 5) is 21.0. The number of hydrogen-bond acceptors (Lipinski definition) is 7. The molecular weight excluding hydrogens is 716 g/mol. The molecule has 0 fully saturated rings. The van der Waals surface area contributed by atoms with Crippen molar-refractivity contribution in [3.8, 4) is 17.2 Å². The van der Waals surface area contributed by atoms with Gasteiger partial charge in [-0.25, -0.2) is 17.2 Å². The number of carbonyl (C=O) groups is 1. The number of methoxy groups -OCH3 is 2. The molecule has 2 heterocycles. The summed E-state index contributed by atoms with van der Waals surface area (Å²) in [6.45, 7) is 13.0. The number of hydrogen-bond donors (Lipinski definition) is 1. The average molecular weight is 760 g/mol. The van der Waals surface area contributed by atoms with E-state index in [4.69, 9.17) is 30.5 Å². The third-order valence-corrected chi connectivity index (χ3v) is 16.6. The Morgan fingerprint density at radius 2 is 1.63 bits per heavy atom. The molecule has 14 heteroatoms. The van der Waals surface area contributed by atoms with Gasteiger partial charge >= 0.3 is 0 Å². The first-order valence-electron chi connectivity index (χ1n) is 16.7. The number of anilines is 1. The van der Waals surface area contributed by atoms with Crippen LogP contribution in [0.3, 0.4) is 0 Å².